The molecule has 1 rings (SSSR count). The van der Waals surface area contributed by atoms with Crippen molar-refractivity contribution in [2.75, 3.05) is 19.7 Å². The number of hydrogen-bond donors (Lipinski definition) is 1. The van der Waals surface area contributed by atoms with Gasteiger partial charge in [0.25, 0.3) is 0 Å². The summed E-state index contributed by atoms with van der Waals surface area (Å²) in [6.07, 6.45) is 1.61. The van der Waals surface area contributed by atoms with Crippen LogP contribution in [0.4, 0.5) is 0 Å². The fourth-order valence-corrected chi connectivity index (χ4v) is 1.77. The Labute approximate surface area is 80.0 Å². The zero-order valence-corrected chi connectivity index (χ0v) is 8.45. The summed E-state index contributed by atoms with van der Waals surface area (Å²) in [5.41, 5.74) is -0.453. The fraction of sp³-hybridized carbons (Fsp3) is 0.900. The number of rotatable bonds is 2. The predicted molar refractivity (Wildman–Crippen MR) is 51.1 cm³/mol. The summed E-state index contributed by atoms with van der Waals surface area (Å²) >= 11 is 0. The number of piperidine rings is 1. The second-order valence-corrected chi connectivity index (χ2v) is 4.18. The summed E-state index contributed by atoms with van der Waals surface area (Å²) in [6, 6.07) is 2.80. The van der Waals surface area contributed by atoms with Crippen molar-refractivity contribution in [3.05, 3.63) is 0 Å². The van der Waals surface area contributed by atoms with Gasteiger partial charge in [0.1, 0.15) is 0 Å². The molecular weight excluding hydrogens is 164 g/mol. The van der Waals surface area contributed by atoms with E-state index in [2.05, 4.69) is 24.8 Å². The van der Waals surface area contributed by atoms with E-state index in [9.17, 15) is 0 Å². The average molecular weight is 182 g/mol. The monoisotopic (exact) mass is 182 g/mol. The minimum Gasteiger partial charge on any atom is -0.395 e. The summed E-state index contributed by atoms with van der Waals surface area (Å²) in [5, 5.41) is 18.1. The Morgan fingerprint density at radius 3 is 2.31 bits per heavy atom. The van der Waals surface area contributed by atoms with Crippen LogP contribution in [0.15, 0.2) is 0 Å². The molecule has 0 amide bonds. The van der Waals surface area contributed by atoms with E-state index in [1.807, 2.05) is 0 Å². The number of nitrogens with zero attached hydrogens (tertiary/aromatic N) is 2. The smallest absolute Gasteiger partial charge is 0.0828 e. The number of likely N-dealkylation sites (tertiary alicyclic amines) is 1. The molecule has 0 saturated carbocycles. The topological polar surface area (TPSA) is 47.3 Å². The Hall–Kier alpha value is -0.590. The van der Waals surface area contributed by atoms with Gasteiger partial charge in [-0.3, -0.25) is 0 Å². The van der Waals surface area contributed by atoms with Gasteiger partial charge in [-0.2, -0.15) is 5.26 Å². The van der Waals surface area contributed by atoms with Gasteiger partial charge in [-0.05, 0) is 26.7 Å². The first-order chi connectivity index (χ1) is 6.13. The van der Waals surface area contributed by atoms with Crippen molar-refractivity contribution in [3.63, 3.8) is 0 Å². The third-order valence-corrected chi connectivity index (χ3v) is 3.03. The standard InChI is InChI=1S/C10H18N2O/c1-9(2)12-5-3-10(7-11,8-13)4-6-12/h9,13H,3-6,8H2,1-2H3. The molecule has 0 radical (unpaired) electrons. The van der Waals surface area contributed by atoms with E-state index in [-0.39, 0.29) is 6.61 Å². The Balaban J connectivity index is 2.51. The number of nitriles is 1. The van der Waals surface area contributed by atoms with Gasteiger partial charge in [-0.15, -0.1) is 0 Å². The molecule has 0 aromatic heterocycles. The van der Waals surface area contributed by atoms with Gasteiger partial charge in [0, 0.05) is 19.1 Å². The molecule has 1 heterocycles. The second-order valence-electron chi connectivity index (χ2n) is 4.18. The van der Waals surface area contributed by atoms with Crippen LogP contribution in [-0.4, -0.2) is 35.7 Å². The van der Waals surface area contributed by atoms with Crippen molar-refractivity contribution >= 4 is 0 Å². The quantitative estimate of drug-likeness (QED) is 0.693. The van der Waals surface area contributed by atoms with Crippen molar-refractivity contribution in [2.45, 2.75) is 32.7 Å². The van der Waals surface area contributed by atoms with Crippen LogP contribution in [0.5, 0.6) is 0 Å². The zero-order chi connectivity index (χ0) is 9.90. The van der Waals surface area contributed by atoms with Crippen molar-refractivity contribution in [2.24, 2.45) is 5.41 Å². The van der Waals surface area contributed by atoms with Crippen LogP contribution in [0.1, 0.15) is 26.7 Å². The van der Waals surface area contributed by atoms with Crippen molar-refractivity contribution in [3.8, 4) is 6.07 Å². The van der Waals surface area contributed by atoms with Crippen LogP contribution < -0.4 is 0 Å². The van der Waals surface area contributed by atoms with Gasteiger partial charge in [0.05, 0.1) is 18.1 Å². The first-order valence-electron chi connectivity index (χ1n) is 4.90. The molecule has 0 spiro atoms. The number of hydrogen-bond acceptors (Lipinski definition) is 3. The van der Waals surface area contributed by atoms with E-state index >= 15 is 0 Å². The molecule has 3 heteroatoms. The molecule has 0 aliphatic carbocycles. The van der Waals surface area contributed by atoms with Crippen LogP contribution in [-0.2, 0) is 0 Å². The highest BCUT2D eigenvalue weighted by atomic mass is 16.3. The van der Waals surface area contributed by atoms with Crippen molar-refractivity contribution in [1.29, 1.82) is 5.26 Å². The minimum atomic E-state index is -0.453. The molecule has 1 fully saturated rings. The molecule has 1 aliphatic rings. The second kappa shape index (κ2) is 4.08. The molecule has 74 valence electrons. The average Bonchev–Trinajstić information content (AvgIpc) is 2.18. The van der Waals surface area contributed by atoms with E-state index in [0.717, 1.165) is 25.9 Å². The van der Waals surface area contributed by atoms with Gasteiger partial charge in [0.2, 0.25) is 0 Å². The molecule has 3 nitrogen and oxygen atoms in total. The molecular formula is C10H18N2O. The lowest BCUT2D eigenvalue weighted by Crippen LogP contribution is -2.44. The molecule has 13 heavy (non-hydrogen) atoms. The lowest BCUT2D eigenvalue weighted by molar-refractivity contribution is 0.0709. The Bertz CT molecular complexity index is 199. The van der Waals surface area contributed by atoms with E-state index in [4.69, 9.17) is 10.4 Å². The van der Waals surface area contributed by atoms with Crippen LogP contribution in [0.3, 0.4) is 0 Å². The maximum atomic E-state index is 9.13. The van der Waals surface area contributed by atoms with Crippen molar-refractivity contribution < 1.29 is 5.11 Å². The normalized spacial score (nSPS) is 23.0. The zero-order valence-electron chi connectivity index (χ0n) is 8.45. The van der Waals surface area contributed by atoms with E-state index in [0.29, 0.717) is 6.04 Å². The molecule has 0 bridgehead atoms. The molecule has 0 atom stereocenters. The first-order valence-corrected chi connectivity index (χ1v) is 4.90. The van der Waals surface area contributed by atoms with E-state index in [1.54, 1.807) is 0 Å². The Kier molecular flexibility index (Phi) is 3.29. The van der Waals surface area contributed by atoms with Gasteiger partial charge in [-0.25, -0.2) is 0 Å². The molecule has 1 saturated heterocycles. The third kappa shape index (κ3) is 2.20. The molecule has 1 aliphatic heterocycles. The van der Waals surface area contributed by atoms with Crippen LogP contribution in [0.2, 0.25) is 0 Å². The first kappa shape index (κ1) is 10.5. The molecule has 1 N–H and O–H groups in total. The van der Waals surface area contributed by atoms with E-state index in [1.165, 1.54) is 0 Å². The molecule has 0 unspecified atom stereocenters. The Morgan fingerprint density at radius 1 is 1.46 bits per heavy atom. The fourth-order valence-electron chi connectivity index (χ4n) is 1.77. The third-order valence-electron chi connectivity index (χ3n) is 3.03. The van der Waals surface area contributed by atoms with Gasteiger partial charge < -0.3 is 10.0 Å². The van der Waals surface area contributed by atoms with Gasteiger partial charge in [-0.1, -0.05) is 0 Å². The summed E-state index contributed by atoms with van der Waals surface area (Å²) in [5.74, 6) is 0. The molecule has 0 aromatic carbocycles. The van der Waals surface area contributed by atoms with Crippen molar-refractivity contribution in [1.82, 2.24) is 4.90 Å². The largest absolute Gasteiger partial charge is 0.395 e. The highest BCUT2D eigenvalue weighted by Crippen LogP contribution is 2.30. The highest BCUT2D eigenvalue weighted by molar-refractivity contribution is 5.01. The molecule has 0 aromatic rings. The SMILES string of the molecule is CC(C)N1CCC(C#N)(CO)CC1. The summed E-state index contributed by atoms with van der Waals surface area (Å²) < 4.78 is 0. The maximum absolute atomic E-state index is 9.13. The summed E-state index contributed by atoms with van der Waals surface area (Å²) in [4.78, 5) is 2.35. The number of aliphatic hydroxyl groups is 1. The summed E-state index contributed by atoms with van der Waals surface area (Å²) in [6.45, 7) is 6.21. The van der Waals surface area contributed by atoms with E-state index < -0.39 is 5.41 Å². The van der Waals surface area contributed by atoms with Gasteiger partial charge in [0.15, 0.2) is 0 Å². The Morgan fingerprint density at radius 2 is 2.00 bits per heavy atom. The summed E-state index contributed by atoms with van der Waals surface area (Å²) in [7, 11) is 0. The van der Waals surface area contributed by atoms with Crippen LogP contribution >= 0.6 is 0 Å². The lowest BCUT2D eigenvalue weighted by Gasteiger charge is -2.38. The lowest BCUT2D eigenvalue weighted by atomic mass is 9.80. The maximum Gasteiger partial charge on any atom is 0.0828 e. The van der Waals surface area contributed by atoms with Gasteiger partial charge >= 0.3 is 0 Å². The highest BCUT2D eigenvalue weighted by Gasteiger charge is 2.34. The predicted octanol–water partition coefficient (Wildman–Crippen LogP) is 0.993. The number of aliphatic hydroxyl groups excluding tert-OH is 1. The van der Waals surface area contributed by atoms with Crippen LogP contribution in [0, 0.1) is 16.7 Å². The minimum absolute atomic E-state index is 0.00936. The van der Waals surface area contributed by atoms with Crippen LogP contribution in [0.25, 0.3) is 0 Å².